The van der Waals surface area contributed by atoms with Gasteiger partial charge in [0.25, 0.3) is 0 Å². The van der Waals surface area contributed by atoms with Gasteiger partial charge in [-0.15, -0.1) is 10.2 Å². The summed E-state index contributed by atoms with van der Waals surface area (Å²) in [6.45, 7) is 2.60. The molecule has 0 aliphatic carbocycles. The third kappa shape index (κ3) is 3.07. The molecule has 0 aliphatic rings. The molecule has 0 unspecified atom stereocenters. The molecule has 2 heterocycles. The normalized spacial score (nSPS) is 11.5. The van der Waals surface area contributed by atoms with Crippen molar-refractivity contribution in [3.8, 4) is 0 Å². The first-order valence-corrected chi connectivity index (χ1v) is 7.20. The molecule has 0 saturated carbocycles. The highest BCUT2D eigenvalue weighted by molar-refractivity contribution is 7.89. The summed E-state index contributed by atoms with van der Waals surface area (Å²) in [7, 11) is -3.71. The molecule has 0 radical (unpaired) electrons. The predicted molar refractivity (Wildman–Crippen MR) is 69.6 cm³/mol. The van der Waals surface area contributed by atoms with Gasteiger partial charge in [-0.25, -0.2) is 29.0 Å². The second-order valence-electron chi connectivity index (χ2n) is 3.74. The SMILES string of the molecule is CCn1cnnc1CNS(=O)(=O)c1cnc(NN)nc1. The Morgan fingerprint density at radius 2 is 2.05 bits per heavy atom. The molecular weight excluding hydrogens is 284 g/mol. The number of nitrogen functional groups attached to an aromatic ring is 1. The number of hydrogen-bond donors (Lipinski definition) is 3. The van der Waals surface area contributed by atoms with E-state index in [1.54, 1.807) is 4.57 Å². The molecule has 0 bridgehead atoms. The lowest BCUT2D eigenvalue weighted by atomic mass is 10.6. The lowest BCUT2D eigenvalue weighted by Gasteiger charge is -2.07. The number of aryl methyl sites for hydroxylation is 1. The van der Waals surface area contributed by atoms with Crippen LogP contribution in [0.5, 0.6) is 0 Å². The number of rotatable bonds is 6. The zero-order chi connectivity index (χ0) is 14.6. The molecule has 2 rings (SSSR count). The largest absolute Gasteiger partial charge is 0.317 e. The maximum Gasteiger partial charge on any atom is 0.244 e. The maximum absolute atomic E-state index is 12.0. The molecule has 0 amide bonds. The van der Waals surface area contributed by atoms with Crippen molar-refractivity contribution in [2.24, 2.45) is 5.84 Å². The van der Waals surface area contributed by atoms with Crippen LogP contribution in [0.3, 0.4) is 0 Å². The average Bonchev–Trinajstić information content (AvgIpc) is 2.93. The minimum Gasteiger partial charge on any atom is -0.317 e. The Hall–Kier alpha value is -2.11. The quantitative estimate of drug-likeness (QED) is 0.448. The van der Waals surface area contributed by atoms with E-state index in [-0.39, 0.29) is 17.4 Å². The Labute approximate surface area is 115 Å². The number of anilines is 1. The van der Waals surface area contributed by atoms with Gasteiger partial charge in [0.05, 0.1) is 18.9 Å². The van der Waals surface area contributed by atoms with Crippen LogP contribution < -0.4 is 16.0 Å². The second-order valence-corrected chi connectivity index (χ2v) is 5.51. The van der Waals surface area contributed by atoms with Crippen LogP contribution in [0, 0.1) is 0 Å². The number of nitrogens with zero attached hydrogens (tertiary/aromatic N) is 5. The zero-order valence-electron chi connectivity index (χ0n) is 10.7. The van der Waals surface area contributed by atoms with Crippen molar-refractivity contribution in [1.82, 2.24) is 29.5 Å². The standard InChI is InChI=1S/C9H14N8O2S/c1-2-17-6-13-16-8(17)5-14-20(18,19)7-3-11-9(15-10)12-4-7/h3-4,6,14H,2,5,10H2,1H3,(H,11,12,15). The molecule has 2 aromatic heterocycles. The van der Waals surface area contributed by atoms with Crippen molar-refractivity contribution in [3.05, 3.63) is 24.5 Å². The van der Waals surface area contributed by atoms with E-state index in [1.165, 1.54) is 6.33 Å². The fraction of sp³-hybridized carbons (Fsp3) is 0.333. The van der Waals surface area contributed by atoms with Crippen molar-refractivity contribution < 1.29 is 8.42 Å². The van der Waals surface area contributed by atoms with Gasteiger partial charge >= 0.3 is 0 Å². The summed E-state index contributed by atoms with van der Waals surface area (Å²) >= 11 is 0. The molecule has 10 nitrogen and oxygen atoms in total. The zero-order valence-corrected chi connectivity index (χ0v) is 11.5. The van der Waals surface area contributed by atoms with Gasteiger partial charge in [0.1, 0.15) is 17.0 Å². The van der Waals surface area contributed by atoms with Gasteiger partial charge in [-0.2, -0.15) is 0 Å². The summed E-state index contributed by atoms with van der Waals surface area (Å²) in [5.41, 5.74) is 2.22. The van der Waals surface area contributed by atoms with E-state index in [0.29, 0.717) is 12.4 Å². The number of sulfonamides is 1. The minimum atomic E-state index is -3.71. The minimum absolute atomic E-state index is 0.0348. The van der Waals surface area contributed by atoms with Crippen LogP contribution in [-0.2, 0) is 23.1 Å². The Balaban J connectivity index is 2.10. The van der Waals surface area contributed by atoms with Gasteiger partial charge in [0.15, 0.2) is 0 Å². The first-order valence-electron chi connectivity index (χ1n) is 5.72. The summed E-state index contributed by atoms with van der Waals surface area (Å²) in [4.78, 5) is 7.43. The Kier molecular flexibility index (Phi) is 4.22. The van der Waals surface area contributed by atoms with Crippen LogP contribution in [0.1, 0.15) is 12.7 Å². The summed E-state index contributed by atoms with van der Waals surface area (Å²) in [5, 5.41) is 7.56. The van der Waals surface area contributed by atoms with Gasteiger partial charge in [0.2, 0.25) is 16.0 Å². The molecule has 2 aromatic rings. The molecule has 0 fully saturated rings. The molecule has 0 aliphatic heterocycles. The van der Waals surface area contributed by atoms with E-state index < -0.39 is 10.0 Å². The van der Waals surface area contributed by atoms with E-state index in [1.807, 2.05) is 6.92 Å². The molecule has 20 heavy (non-hydrogen) atoms. The van der Waals surface area contributed by atoms with Crippen LogP contribution in [0.2, 0.25) is 0 Å². The van der Waals surface area contributed by atoms with Crippen molar-refractivity contribution in [1.29, 1.82) is 0 Å². The topological polar surface area (TPSA) is 141 Å². The first-order chi connectivity index (χ1) is 9.56. The van der Waals surface area contributed by atoms with Crippen molar-refractivity contribution in [2.75, 3.05) is 5.43 Å². The van der Waals surface area contributed by atoms with Crippen LogP contribution >= 0.6 is 0 Å². The predicted octanol–water partition coefficient (Wildman–Crippen LogP) is -1.15. The highest BCUT2D eigenvalue weighted by Crippen LogP contribution is 2.07. The molecule has 108 valence electrons. The van der Waals surface area contributed by atoms with E-state index in [0.717, 1.165) is 12.4 Å². The first kappa shape index (κ1) is 14.3. The molecular formula is C9H14N8O2S. The van der Waals surface area contributed by atoms with Crippen molar-refractivity contribution in [3.63, 3.8) is 0 Å². The van der Waals surface area contributed by atoms with Crippen molar-refractivity contribution in [2.45, 2.75) is 24.9 Å². The lowest BCUT2D eigenvalue weighted by molar-refractivity contribution is 0.574. The fourth-order valence-electron chi connectivity index (χ4n) is 1.45. The number of nitrogens with two attached hydrogens (primary N) is 1. The molecule has 4 N–H and O–H groups in total. The summed E-state index contributed by atoms with van der Waals surface area (Å²) in [5.74, 6) is 5.76. The maximum atomic E-state index is 12.0. The van der Waals surface area contributed by atoms with E-state index in [2.05, 4.69) is 30.3 Å². The Bertz CT molecular complexity index is 666. The van der Waals surface area contributed by atoms with Crippen LogP contribution in [-0.4, -0.2) is 33.2 Å². The van der Waals surface area contributed by atoms with Gasteiger partial charge in [-0.05, 0) is 6.92 Å². The third-order valence-corrected chi connectivity index (χ3v) is 3.88. The number of nitrogens with one attached hydrogen (secondary N) is 2. The number of hydrazine groups is 1. The highest BCUT2D eigenvalue weighted by Gasteiger charge is 2.16. The number of hydrogen-bond acceptors (Lipinski definition) is 8. The van der Waals surface area contributed by atoms with Crippen molar-refractivity contribution >= 4 is 16.0 Å². The average molecular weight is 298 g/mol. The van der Waals surface area contributed by atoms with Gasteiger partial charge in [-0.3, -0.25) is 5.43 Å². The summed E-state index contributed by atoms with van der Waals surface area (Å²) < 4.78 is 28.2. The highest BCUT2D eigenvalue weighted by atomic mass is 32.2. The summed E-state index contributed by atoms with van der Waals surface area (Å²) in [6.07, 6.45) is 3.86. The van der Waals surface area contributed by atoms with Gasteiger partial charge in [0, 0.05) is 6.54 Å². The smallest absolute Gasteiger partial charge is 0.244 e. The lowest BCUT2D eigenvalue weighted by Crippen LogP contribution is -2.25. The van der Waals surface area contributed by atoms with E-state index in [4.69, 9.17) is 5.84 Å². The van der Waals surface area contributed by atoms with E-state index >= 15 is 0 Å². The molecule has 0 atom stereocenters. The Morgan fingerprint density at radius 3 is 2.65 bits per heavy atom. The summed E-state index contributed by atoms with van der Waals surface area (Å²) in [6, 6.07) is 0. The second kappa shape index (κ2) is 5.90. The van der Waals surface area contributed by atoms with Gasteiger partial charge in [-0.1, -0.05) is 0 Å². The monoisotopic (exact) mass is 298 g/mol. The molecule has 0 spiro atoms. The molecule has 0 saturated heterocycles. The van der Waals surface area contributed by atoms with Crippen LogP contribution in [0.15, 0.2) is 23.6 Å². The third-order valence-electron chi connectivity index (χ3n) is 2.52. The van der Waals surface area contributed by atoms with Crippen LogP contribution in [0.4, 0.5) is 5.95 Å². The van der Waals surface area contributed by atoms with E-state index in [9.17, 15) is 8.42 Å². The Morgan fingerprint density at radius 1 is 1.35 bits per heavy atom. The van der Waals surface area contributed by atoms with Gasteiger partial charge < -0.3 is 4.57 Å². The fourth-order valence-corrected chi connectivity index (χ4v) is 2.32. The molecule has 0 aromatic carbocycles. The molecule has 11 heteroatoms. The van der Waals surface area contributed by atoms with Crippen LogP contribution in [0.25, 0.3) is 0 Å². The number of aromatic nitrogens is 5.